The van der Waals surface area contributed by atoms with Crippen molar-refractivity contribution >= 4 is 23.2 Å². The van der Waals surface area contributed by atoms with Gasteiger partial charge in [0.15, 0.2) is 0 Å². The van der Waals surface area contributed by atoms with Crippen molar-refractivity contribution in [1.82, 2.24) is 10.3 Å². The zero-order valence-electron chi connectivity index (χ0n) is 11.2. The number of hydrogen-bond acceptors (Lipinski definition) is 5. The molecule has 21 heavy (non-hydrogen) atoms. The zero-order valence-corrected chi connectivity index (χ0v) is 12.0. The van der Waals surface area contributed by atoms with E-state index in [0.717, 1.165) is 5.56 Å². The molecule has 1 aromatic carbocycles. The molecule has 0 bridgehead atoms. The van der Waals surface area contributed by atoms with E-state index in [9.17, 15) is 14.7 Å². The van der Waals surface area contributed by atoms with Crippen molar-refractivity contribution in [2.75, 3.05) is 0 Å². The smallest absolute Gasteiger partial charge is 0.326 e. The van der Waals surface area contributed by atoms with E-state index < -0.39 is 17.9 Å². The number of aliphatic carboxylic acids is 1. The molecule has 0 aliphatic rings. The highest BCUT2D eigenvalue weighted by atomic mass is 32.1. The van der Waals surface area contributed by atoms with Crippen molar-refractivity contribution in [3.8, 4) is 0 Å². The summed E-state index contributed by atoms with van der Waals surface area (Å²) in [7, 11) is 0. The first-order chi connectivity index (χ1) is 10.1. The average molecular weight is 305 g/mol. The van der Waals surface area contributed by atoms with Gasteiger partial charge in [-0.3, -0.25) is 4.79 Å². The van der Waals surface area contributed by atoms with Gasteiger partial charge < -0.3 is 16.2 Å². The average Bonchev–Trinajstić information content (AvgIpc) is 2.96. The second-order valence-electron chi connectivity index (χ2n) is 4.38. The Hall–Kier alpha value is -2.25. The number of thiazole rings is 1. The largest absolute Gasteiger partial charge is 0.480 e. The molecule has 2 aromatic rings. The van der Waals surface area contributed by atoms with E-state index in [1.807, 2.05) is 30.3 Å². The van der Waals surface area contributed by atoms with Crippen LogP contribution in [0.2, 0.25) is 0 Å². The molecule has 0 saturated carbocycles. The van der Waals surface area contributed by atoms with Crippen molar-refractivity contribution in [2.45, 2.75) is 19.0 Å². The van der Waals surface area contributed by atoms with Crippen LogP contribution in [-0.4, -0.2) is 28.0 Å². The Bertz CT molecular complexity index is 627. The Morgan fingerprint density at radius 1 is 1.33 bits per heavy atom. The van der Waals surface area contributed by atoms with Gasteiger partial charge in [0, 0.05) is 18.3 Å². The van der Waals surface area contributed by atoms with Gasteiger partial charge in [-0.25, -0.2) is 9.78 Å². The molecule has 4 N–H and O–H groups in total. The molecule has 7 heteroatoms. The van der Waals surface area contributed by atoms with E-state index in [1.54, 1.807) is 5.38 Å². The molecule has 1 atom stereocenters. The highest BCUT2D eigenvalue weighted by Gasteiger charge is 2.22. The maximum absolute atomic E-state index is 12.0. The highest BCUT2D eigenvalue weighted by molar-refractivity contribution is 7.09. The number of carbonyl (C=O) groups is 2. The zero-order chi connectivity index (χ0) is 15.2. The Balaban J connectivity index is 2.05. The van der Waals surface area contributed by atoms with Crippen molar-refractivity contribution in [2.24, 2.45) is 5.73 Å². The van der Waals surface area contributed by atoms with Crippen LogP contribution in [-0.2, 0) is 17.8 Å². The number of nitrogens with one attached hydrogen (secondary N) is 1. The van der Waals surface area contributed by atoms with Gasteiger partial charge in [0.2, 0.25) is 0 Å². The Morgan fingerprint density at radius 2 is 2.05 bits per heavy atom. The summed E-state index contributed by atoms with van der Waals surface area (Å²) in [5.41, 5.74) is 6.47. The van der Waals surface area contributed by atoms with Gasteiger partial charge in [-0.05, 0) is 5.56 Å². The molecule has 1 heterocycles. The summed E-state index contributed by atoms with van der Waals surface area (Å²) in [5.74, 6) is -1.59. The lowest BCUT2D eigenvalue weighted by Crippen LogP contribution is -2.42. The summed E-state index contributed by atoms with van der Waals surface area (Å²) >= 11 is 1.27. The number of aromatic nitrogens is 1. The van der Waals surface area contributed by atoms with Gasteiger partial charge in [0.25, 0.3) is 5.91 Å². The number of carbonyl (C=O) groups excluding carboxylic acids is 1. The summed E-state index contributed by atoms with van der Waals surface area (Å²) < 4.78 is 0. The molecular formula is C14H15N3O3S. The molecule has 110 valence electrons. The summed E-state index contributed by atoms with van der Waals surface area (Å²) in [6.07, 6.45) is 0.218. The lowest BCUT2D eigenvalue weighted by molar-refractivity contribution is -0.139. The first kappa shape index (κ1) is 15.1. The molecule has 0 aliphatic carbocycles. The molecule has 0 aliphatic heterocycles. The fraction of sp³-hybridized carbons (Fsp3) is 0.214. The summed E-state index contributed by atoms with van der Waals surface area (Å²) in [6.45, 7) is 0.254. The van der Waals surface area contributed by atoms with Crippen LogP contribution in [0.25, 0.3) is 0 Å². The van der Waals surface area contributed by atoms with Gasteiger partial charge in [-0.2, -0.15) is 0 Å². The second kappa shape index (κ2) is 6.96. The molecule has 1 amide bonds. The van der Waals surface area contributed by atoms with Crippen molar-refractivity contribution in [3.05, 3.63) is 52.0 Å². The first-order valence-corrected chi connectivity index (χ1v) is 7.20. The lowest BCUT2D eigenvalue weighted by Gasteiger charge is -2.13. The first-order valence-electron chi connectivity index (χ1n) is 6.32. The monoisotopic (exact) mass is 305 g/mol. The summed E-state index contributed by atoms with van der Waals surface area (Å²) in [5, 5.41) is 13.9. The number of hydrogen-bond donors (Lipinski definition) is 3. The van der Waals surface area contributed by atoms with Crippen molar-refractivity contribution in [1.29, 1.82) is 0 Å². The fourth-order valence-corrected chi connectivity index (χ4v) is 2.45. The molecule has 0 unspecified atom stereocenters. The third kappa shape index (κ3) is 4.11. The number of benzene rings is 1. The third-order valence-electron chi connectivity index (χ3n) is 2.85. The number of amides is 1. The molecular weight excluding hydrogens is 290 g/mol. The molecule has 1 aromatic heterocycles. The molecule has 6 nitrogen and oxygen atoms in total. The van der Waals surface area contributed by atoms with Crippen LogP contribution in [0, 0.1) is 0 Å². The van der Waals surface area contributed by atoms with E-state index in [-0.39, 0.29) is 18.7 Å². The van der Waals surface area contributed by atoms with Crippen LogP contribution in [0.5, 0.6) is 0 Å². The molecule has 0 fully saturated rings. The minimum Gasteiger partial charge on any atom is -0.480 e. The number of carboxylic acids is 1. The summed E-state index contributed by atoms with van der Waals surface area (Å²) in [4.78, 5) is 27.3. The second-order valence-corrected chi connectivity index (χ2v) is 5.33. The van der Waals surface area contributed by atoms with Gasteiger partial charge in [0.05, 0.1) is 0 Å². The quantitative estimate of drug-likeness (QED) is 0.739. The maximum Gasteiger partial charge on any atom is 0.326 e. The summed E-state index contributed by atoms with van der Waals surface area (Å²) in [6, 6.07) is 8.13. The predicted octanol–water partition coefficient (Wildman–Crippen LogP) is 1.03. The number of nitrogens with zero attached hydrogens (tertiary/aromatic N) is 1. The number of carboxylic acid groups (broad SMARTS) is 1. The van der Waals surface area contributed by atoms with Crippen molar-refractivity contribution < 1.29 is 14.7 Å². The van der Waals surface area contributed by atoms with Gasteiger partial charge in [0.1, 0.15) is 16.7 Å². The lowest BCUT2D eigenvalue weighted by atomic mass is 10.1. The van der Waals surface area contributed by atoms with Crippen LogP contribution in [0.4, 0.5) is 0 Å². The maximum atomic E-state index is 12.0. The van der Waals surface area contributed by atoms with Gasteiger partial charge in [-0.15, -0.1) is 11.3 Å². The minimum atomic E-state index is -1.08. The highest BCUT2D eigenvalue weighted by Crippen LogP contribution is 2.10. The van der Waals surface area contributed by atoms with Gasteiger partial charge in [-0.1, -0.05) is 30.3 Å². The number of nitrogens with two attached hydrogens (primary N) is 1. The van der Waals surface area contributed by atoms with Crippen molar-refractivity contribution in [3.63, 3.8) is 0 Å². The SMILES string of the molecule is NCc1nc(C(=O)N[C@@H](Cc2ccccc2)C(=O)O)cs1. The minimum absolute atomic E-state index is 0.194. The van der Waals surface area contributed by atoms with Gasteiger partial charge >= 0.3 is 5.97 Å². The Kier molecular flexibility index (Phi) is 5.02. The van der Waals surface area contributed by atoms with Crippen LogP contribution < -0.4 is 11.1 Å². The topological polar surface area (TPSA) is 105 Å². The predicted molar refractivity (Wildman–Crippen MR) is 79.0 cm³/mol. The normalized spacial score (nSPS) is 11.9. The standard InChI is InChI=1S/C14H15N3O3S/c15-7-12-16-11(8-21-12)13(18)17-10(14(19)20)6-9-4-2-1-3-5-9/h1-5,8,10H,6-7,15H2,(H,17,18)(H,19,20)/t10-/m0/s1. The molecule has 0 spiro atoms. The fourth-order valence-electron chi connectivity index (χ4n) is 1.79. The third-order valence-corrected chi connectivity index (χ3v) is 3.72. The van der Waals surface area contributed by atoms with E-state index in [0.29, 0.717) is 5.01 Å². The van der Waals surface area contributed by atoms with E-state index in [4.69, 9.17) is 5.73 Å². The van der Waals surface area contributed by atoms with Crippen LogP contribution in [0.15, 0.2) is 35.7 Å². The van der Waals surface area contributed by atoms with Crippen LogP contribution in [0.3, 0.4) is 0 Å². The van der Waals surface area contributed by atoms with E-state index >= 15 is 0 Å². The number of rotatable bonds is 6. The van der Waals surface area contributed by atoms with Crippen LogP contribution in [0.1, 0.15) is 21.1 Å². The molecule has 2 rings (SSSR count). The van der Waals surface area contributed by atoms with E-state index in [1.165, 1.54) is 11.3 Å². The van der Waals surface area contributed by atoms with Crippen LogP contribution >= 0.6 is 11.3 Å². The molecule has 0 radical (unpaired) electrons. The van der Waals surface area contributed by atoms with E-state index in [2.05, 4.69) is 10.3 Å². The Morgan fingerprint density at radius 3 is 2.62 bits per heavy atom. The Labute approximate surface area is 125 Å². The molecule has 0 saturated heterocycles.